The first-order chi connectivity index (χ1) is 15.1. The second kappa shape index (κ2) is 9.11. The molecular formula is C27H41N3O. The predicted octanol–water partition coefficient (Wildman–Crippen LogP) is 5.99. The van der Waals surface area contributed by atoms with E-state index in [1.165, 1.54) is 69.8 Å². The third-order valence-electron chi connectivity index (χ3n) is 8.97. The van der Waals surface area contributed by atoms with Crippen LogP contribution < -0.4 is 5.32 Å². The zero-order valence-corrected chi connectivity index (χ0v) is 19.4. The molecule has 2 unspecified atom stereocenters. The number of hydrogen-bond acceptors (Lipinski definition) is 2. The Bertz CT molecular complexity index is 713. The number of unbranched alkanes of at least 4 members (excludes halogenated alkanes) is 2. The first-order valence-corrected chi connectivity index (χ1v) is 13.1. The molecule has 5 aliphatic rings. The number of carbonyl (C=O) groups is 1. The van der Waals surface area contributed by atoms with Gasteiger partial charge < -0.3 is 10.2 Å². The van der Waals surface area contributed by atoms with Crippen molar-refractivity contribution in [3.05, 3.63) is 30.1 Å². The van der Waals surface area contributed by atoms with Crippen LogP contribution in [0.5, 0.6) is 0 Å². The summed E-state index contributed by atoms with van der Waals surface area (Å²) in [6.07, 6.45) is 18.6. The van der Waals surface area contributed by atoms with Crippen molar-refractivity contribution in [2.75, 3.05) is 19.6 Å². The lowest BCUT2D eigenvalue weighted by Crippen LogP contribution is -2.48. The monoisotopic (exact) mass is 423 g/mol. The van der Waals surface area contributed by atoms with Crippen LogP contribution in [0.15, 0.2) is 24.5 Å². The fourth-order valence-corrected chi connectivity index (χ4v) is 7.66. The molecule has 0 aromatic carbocycles. The average Bonchev–Trinajstić information content (AvgIpc) is 3.54. The van der Waals surface area contributed by atoms with E-state index in [9.17, 15) is 4.79 Å². The predicted molar refractivity (Wildman–Crippen MR) is 125 cm³/mol. The summed E-state index contributed by atoms with van der Waals surface area (Å²) in [5, 5.41) is 3.30. The van der Waals surface area contributed by atoms with Gasteiger partial charge in [0, 0.05) is 32.0 Å². The van der Waals surface area contributed by atoms with E-state index in [-0.39, 0.29) is 6.03 Å². The molecule has 1 aromatic rings. The molecule has 4 heteroatoms. The molecule has 6 rings (SSSR count). The Labute approximate surface area is 188 Å². The van der Waals surface area contributed by atoms with Gasteiger partial charge in [-0.1, -0.05) is 19.8 Å². The van der Waals surface area contributed by atoms with Crippen molar-refractivity contribution in [3.8, 4) is 0 Å². The molecule has 4 nitrogen and oxygen atoms in total. The lowest BCUT2D eigenvalue weighted by Gasteiger charge is -2.57. The van der Waals surface area contributed by atoms with Gasteiger partial charge in [-0.2, -0.15) is 0 Å². The maximum absolute atomic E-state index is 13.1. The molecule has 1 N–H and O–H groups in total. The molecule has 1 aromatic heterocycles. The van der Waals surface area contributed by atoms with Gasteiger partial charge in [0.1, 0.15) is 0 Å². The van der Waals surface area contributed by atoms with Gasteiger partial charge in [-0.05, 0) is 110 Å². The average molecular weight is 424 g/mol. The molecule has 5 saturated carbocycles. The number of urea groups is 1. The highest BCUT2D eigenvalue weighted by Gasteiger charge is 2.50. The summed E-state index contributed by atoms with van der Waals surface area (Å²) < 4.78 is 0. The van der Waals surface area contributed by atoms with Crippen LogP contribution in [0.3, 0.4) is 0 Å². The number of hydrogen-bond donors (Lipinski definition) is 1. The summed E-state index contributed by atoms with van der Waals surface area (Å²) in [6.45, 7) is 4.93. The summed E-state index contributed by atoms with van der Waals surface area (Å²) in [5.41, 5.74) is 1.93. The Kier molecular flexibility index (Phi) is 6.25. The van der Waals surface area contributed by atoms with Crippen LogP contribution in [-0.2, 0) is 0 Å². The third kappa shape index (κ3) is 4.93. The maximum Gasteiger partial charge on any atom is 0.317 e. The van der Waals surface area contributed by atoms with Crippen molar-refractivity contribution in [1.82, 2.24) is 15.2 Å². The quantitative estimate of drug-likeness (QED) is 0.470. The molecule has 0 aliphatic heterocycles. The largest absolute Gasteiger partial charge is 0.338 e. The Morgan fingerprint density at radius 3 is 2.35 bits per heavy atom. The van der Waals surface area contributed by atoms with Crippen LogP contribution in [0.25, 0.3) is 0 Å². The number of amides is 2. The van der Waals surface area contributed by atoms with Crippen molar-refractivity contribution in [3.63, 3.8) is 0 Å². The lowest BCUT2D eigenvalue weighted by atomic mass is 9.49. The normalized spacial score (nSPS) is 35.2. The van der Waals surface area contributed by atoms with Crippen LogP contribution in [0.4, 0.5) is 4.79 Å². The zero-order valence-electron chi connectivity index (χ0n) is 19.4. The summed E-state index contributed by atoms with van der Waals surface area (Å²) in [4.78, 5) is 19.4. The third-order valence-corrected chi connectivity index (χ3v) is 8.97. The molecule has 0 saturated heterocycles. The van der Waals surface area contributed by atoms with E-state index in [4.69, 9.17) is 0 Å². The van der Waals surface area contributed by atoms with Crippen LogP contribution in [-0.4, -0.2) is 35.5 Å². The zero-order chi connectivity index (χ0) is 21.3. The molecule has 0 spiro atoms. The summed E-state index contributed by atoms with van der Waals surface area (Å²) in [5.74, 6) is 4.17. The van der Waals surface area contributed by atoms with Gasteiger partial charge in [-0.3, -0.25) is 4.98 Å². The van der Waals surface area contributed by atoms with Gasteiger partial charge in [-0.15, -0.1) is 0 Å². The number of aromatic nitrogens is 1. The molecular weight excluding hydrogens is 382 g/mol. The molecule has 31 heavy (non-hydrogen) atoms. The first kappa shape index (κ1) is 21.3. The van der Waals surface area contributed by atoms with Crippen molar-refractivity contribution in [2.45, 2.75) is 83.5 Å². The Hall–Kier alpha value is -1.58. The number of nitrogens with one attached hydrogen (secondary N) is 1. The molecule has 4 bridgehead atoms. The van der Waals surface area contributed by atoms with Crippen LogP contribution in [0.1, 0.15) is 89.0 Å². The highest BCUT2D eigenvalue weighted by atomic mass is 16.2. The number of nitrogens with zero attached hydrogens (tertiary/aromatic N) is 2. The molecule has 2 amide bonds. The van der Waals surface area contributed by atoms with Crippen molar-refractivity contribution < 1.29 is 4.79 Å². The van der Waals surface area contributed by atoms with Gasteiger partial charge >= 0.3 is 6.03 Å². The number of carbonyl (C=O) groups excluding carboxylic acids is 1. The minimum absolute atomic E-state index is 0.182. The van der Waals surface area contributed by atoms with E-state index in [0.29, 0.717) is 17.3 Å². The van der Waals surface area contributed by atoms with Gasteiger partial charge in [0.25, 0.3) is 0 Å². The van der Waals surface area contributed by atoms with E-state index in [1.807, 2.05) is 12.4 Å². The SMILES string of the molecule is CCCCCN(CCC12CC3CC(CC(C3)C1)C2)C(=O)NCC1CC1c1ccncc1. The molecule has 2 atom stereocenters. The van der Waals surface area contributed by atoms with Gasteiger partial charge in [0.2, 0.25) is 0 Å². The second-order valence-electron chi connectivity index (χ2n) is 11.4. The number of rotatable bonds is 10. The fraction of sp³-hybridized carbons (Fsp3) is 0.778. The standard InChI is InChI=1S/C27H41N3O/c1-2-3-4-10-30(11-7-27-16-20-12-21(17-27)14-22(13-20)18-27)26(31)29-19-24-15-25(24)23-5-8-28-9-6-23/h5-6,8-9,20-22,24-25H,2-4,7,10-19H2,1H3,(H,29,31). The van der Waals surface area contributed by atoms with Gasteiger partial charge in [0.15, 0.2) is 0 Å². The molecule has 0 radical (unpaired) electrons. The van der Waals surface area contributed by atoms with E-state index in [1.54, 1.807) is 0 Å². The molecule has 1 heterocycles. The molecule has 5 fully saturated rings. The summed E-state index contributed by atoms with van der Waals surface area (Å²) in [7, 11) is 0. The van der Waals surface area contributed by atoms with Gasteiger partial charge in [0.05, 0.1) is 0 Å². The summed E-state index contributed by atoms with van der Waals surface area (Å²) >= 11 is 0. The minimum Gasteiger partial charge on any atom is -0.338 e. The lowest BCUT2D eigenvalue weighted by molar-refractivity contribution is -0.0596. The van der Waals surface area contributed by atoms with Crippen molar-refractivity contribution in [2.24, 2.45) is 29.1 Å². The van der Waals surface area contributed by atoms with Crippen LogP contribution >= 0.6 is 0 Å². The van der Waals surface area contributed by atoms with Crippen molar-refractivity contribution >= 4 is 6.03 Å². The molecule has 170 valence electrons. The van der Waals surface area contributed by atoms with E-state index < -0.39 is 0 Å². The summed E-state index contributed by atoms with van der Waals surface area (Å²) in [6, 6.07) is 4.42. The van der Waals surface area contributed by atoms with Crippen LogP contribution in [0, 0.1) is 29.1 Å². The maximum atomic E-state index is 13.1. The highest BCUT2D eigenvalue weighted by Crippen LogP contribution is 2.61. The smallest absolute Gasteiger partial charge is 0.317 e. The highest BCUT2D eigenvalue weighted by molar-refractivity contribution is 5.74. The topological polar surface area (TPSA) is 45.2 Å². The number of pyridine rings is 1. The minimum atomic E-state index is 0.182. The van der Waals surface area contributed by atoms with E-state index in [2.05, 4.69) is 34.3 Å². The second-order valence-corrected chi connectivity index (χ2v) is 11.4. The van der Waals surface area contributed by atoms with Crippen LogP contribution in [0.2, 0.25) is 0 Å². The van der Waals surface area contributed by atoms with Gasteiger partial charge in [-0.25, -0.2) is 4.79 Å². The fourth-order valence-electron chi connectivity index (χ4n) is 7.66. The Balaban J connectivity index is 1.13. The van der Waals surface area contributed by atoms with E-state index in [0.717, 1.165) is 43.8 Å². The first-order valence-electron chi connectivity index (χ1n) is 13.1. The van der Waals surface area contributed by atoms with Crippen molar-refractivity contribution in [1.29, 1.82) is 0 Å². The van der Waals surface area contributed by atoms with E-state index >= 15 is 0 Å². The Morgan fingerprint density at radius 1 is 1.03 bits per heavy atom. The Morgan fingerprint density at radius 2 is 1.71 bits per heavy atom. The molecule has 5 aliphatic carbocycles.